The number of benzene rings is 1. The number of pyridine rings is 2. The molecule has 0 amide bonds. The molecule has 1 atom stereocenters. The van der Waals surface area contributed by atoms with Gasteiger partial charge < -0.3 is 9.16 Å². The molecule has 1 saturated heterocycles. The van der Waals surface area contributed by atoms with E-state index in [1.807, 2.05) is 59.4 Å². The van der Waals surface area contributed by atoms with Gasteiger partial charge in [-0.2, -0.15) is 5.10 Å². The van der Waals surface area contributed by atoms with Crippen LogP contribution in [0.2, 0.25) is 18.1 Å². The predicted octanol–water partition coefficient (Wildman–Crippen LogP) is 6.24. The van der Waals surface area contributed by atoms with Crippen LogP contribution in [-0.2, 0) is 15.8 Å². The van der Waals surface area contributed by atoms with E-state index in [-0.39, 0.29) is 17.0 Å². The fourth-order valence-electron chi connectivity index (χ4n) is 4.17. The van der Waals surface area contributed by atoms with E-state index in [0.29, 0.717) is 19.8 Å². The summed E-state index contributed by atoms with van der Waals surface area (Å²) in [4.78, 5) is 13.1. The molecule has 3 aromatic heterocycles. The summed E-state index contributed by atoms with van der Waals surface area (Å²) in [5, 5.41) is 9.91. The summed E-state index contributed by atoms with van der Waals surface area (Å²) in [6.07, 6.45) is 1.85. The molecule has 10 heteroatoms. The summed E-state index contributed by atoms with van der Waals surface area (Å²) in [5.74, 6) is 0.936. The van der Waals surface area contributed by atoms with E-state index >= 15 is 0 Å². The fourth-order valence-corrected chi connectivity index (χ4v) is 5.11. The smallest absolute Gasteiger partial charge is 0.214 e. The third-order valence-corrected chi connectivity index (χ3v) is 12.1. The van der Waals surface area contributed by atoms with Gasteiger partial charge >= 0.3 is 0 Å². The maximum Gasteiger partial charge on any atom is 0.214 e. The topological polar surface area (TPSA) is 112 Å². The van der Waals surface area contributed by atoms with Gasteiger partial charge in [-0.25, -0.2) is 9.67 Å². The number of hydrogen-bond acceptors (Lipinski definition) is 7. The Hall–Kier alpha value is -3.56. The Labute approximate surface area is 223 Å². The van der Waals surface area contributed by atoms with Gasteiger partial charge in [-0.05, 0) is 48.5 Å². The third-order valence-electron chi connectivity index (χ3n) is 7.63. The lowest BCUT2D eigenvalue weighted by Crippen LogP contribution is -2.40. The van der Waals surface area contributed by atoms with Crippen LogP contribution in [0.15, 0.2) is 65.9 Å². The molecule has 4 heterocycles. The first-order valence-corrected chi connectivity index (χ1v) is 15.8. The average molecular weight is 529 g/mol. The van der Waals surface area contributed by atoms with Crippen LogP contribution < -0.4 is 4.91 Å². The van der Waals surface area contributed by atoms with Crippen molar-refractivity contribution in [1.29, 1.82) is 5.53 Å². The Morgan fingerprint density at radius 1 is 1.13 bits per heavy atom. The SMILES string of the molecule is CC(C)(C)[Si](C)(C)OCc1cccc(-n2ncc3ccc(-c4cccc(C(N=[N+]=N)C5COC5)n4)cc32)n1. The Morgan fingerprint density at radius 3 is 2.63 bits per heavy atom. The van der Waals surface area contributed by atoms with Gasteiger partial charge in [-0.3, -0.25) is 4.98 Å². The van der Waals surface area contributed by atoms with Gasteiger partial charge in [0.25, 0.3) is 0 Å². The first-order valence-electron chi connectivity index (χ1n) is 12.9. The molecule has 0 bridgehead atoms. The monoisotopic (exact) mass is 528 g/mol. The molecule has 5 rings (SSSR count). The number of nitrogens with one attached hydrogen (secondary N) is 1. The standard InChI is InChI=1S/C28H34N7O2Si/c1-28(2,3)38(4,5)37-18-22-8-6-11-26(31-22)35-25-14-19(12-13-20(25)15-30-35)23-9-7-10-24(32-23)27(33-34-29)21-16-36-17-21/h6-15,21,27,29H,16-18H2,1-5H3/q+1. The lowest BCUT2D eigenvalue weighted by atomic mass is 9.95. The van der Waals surface area contributed by atoms with Crippen LogP contribution >= 0.6 is 0 Å². The average Bonchev–Trinajstić information content (AvgIpc) is 3.29. The molecule has 1 aliphatic heterocycles. The van der Waals surface area contributed by atoms with E-state index in [1.54, 1.807) is 0 Å². The van der Waals surface area contributed by atoms with Gasteiger partial charge in [-0.15, -0.1) is 0 Å². The molecule has 0 aliphatic carbocycles. The molecule has 38 heavy (non-hydrogen) atoms. The zero-order valence-corrected chi connectivity index (χ0v) is 23.5. The maximum atomic E-state index is 7.24. The van der Waals surface area contributed by atoms with Crippen molar-refractivity contribution in [3.05, 3.63) is 72.2 Å². The Kier molecular flexibility index (Phi) is 7.07. The van der Waals surface area contributed by atoms with E-state index < -0.39 is 8.32 Å². The summed E-state index contributed by atoms with van der Waals surface area (Å²) in [7, 11) is -1.88. The molecule has 196 valence electrons. The van der Waals surface area contributed by atoms with Crippen LogP contribution in [0.3, 0.4) is 0 Å². The van der Waals surface area contributed by atoms with E-state index in [9.17, 15) is 0 Å². The van der Waals surface area contributed by atoms with Crippen molar-refractivity contribution in [3.8, 4) is 17.1 Å². The lowest BCUT2D eigenvalue weighted by Gasteiger charge is -2.36. The highest BCUT2D eigenvalue weighted by atomic mass is 28.4. The van der Waals surface area contributed by atoms with Gasteiger partial charge in [0.2, 0.25) is 4.91 Å². The Morgan fingerprint density at radius 2 is 1.92 bits per heavy atom. The van der Waals surface area contributed by atoms with Crippen molar-refractivity contribution in [2.45, 2.75) is 51.6 Å². The molecule has 1 aromatic carbocycles. The van der Waals surface area contributed by atoms with Gasteiger partial charge in [0.1, 0.15) is 10.6 Å². The maximum absolute atomic E-state index is 7.24. The van der Waals surface area contributed by atoms with Crippen LogP contribution in [0.1, 0.15) is 38.2 Å². The number of aromatic nitrogens is 4. The summed E-state index contributed by atoms with van der Waals surface area (Å²) in [6.45, 7) is 12.9. The molecule has 1 aliphatic rings. The molecule has 0 saturated carbocycles. The molecular weight excluding hydrogens is 494 g/mol. The fraction of sp³-hybridized carbons (Fsp3) is 0.393. The highest BCUT2D eigenvalue weighted by Crippen LogP contribution is 2.37. The molecule has 9 nitrogen and oxygen atoms in total. The highest BCUT2D eigenvalue weighted by Gasteiger charge is 2.37. The van der Waals surface area contributed by atoms with Crippen LogP contribution in [-0.4, -0.2) is 41.3 Å². The largest absolute Gasteiger partial charge is 0.411 e. The Balaban J connectivity index is 1.45. The first-order chi connectivity index (χ1) is 18.2. The van der Waals surface area contributed by atoms with Gasteiger partial charge in [0.05, 0.1) is 48.6 Å². The third kappa shape index (κ3) is 5.21. The normalized spacial score (nSPS) is 15.2. The second-order valence-corrected chi connectivity index (χ2v) is 16.1. The molecule has 1 unspecified atom stereocenters. The first kappa shape index (κ1) is 26.1. The lowest BCUT2D eigenvalue weighted by molar-refractivity contribution is -0.0456. The summed E-state index contributed by atoms with van der Waals surface area (Å²) >= 11 is 0. The summed E-state index contributed by atoms with van der Waals surface area (Å²) in [6, 6.07) is 17.8. The zero-order chi connectivity index (χ0) is 26.9. The van der Waals surface area contributed by atoms with E-state index in [2.05, 4.69) is 55.1 Å². The van der Waals surface area contributed by atoms with Crippen LogP contribution in [0, 0.1) is 11.4 Å². The van der Waals surface area contributed by atoms with Crippen LogP contribution in [0.4, 0.5) is 0 Å². The van der Waals surface area contributed by atoms with Gasteiger partial charge in [0.15, 0.2) is 20.2 Å². The van der Waals surface area contributed by atoms with E-state index in [0.717, 1.165) is 39.4 Å². The summed E-state index contributed by atoms with van der Waals surface area (Å²) in [5.41, 5.74) is 11.6. The number of ether oxygens (including phenoxy) is 1. The highest BCUT2D eigenvalue weighted by molar-refractivity contribution is 6.74. The van der Waals surface area contributed by atoms with Crippen molar-refractivity contribution >= 4 is 19.2 Å². The molecular formula is C28H34N7O2Si+. The summed E-state index contributed by atoms with van der Waals surface area (Å²) < 4.78 is 13.6. The number of fused-ring (bicyclic) bond motifs is 1. The van der Waals surface area contributed by atoms with Gasteiger partial charge in [-0.1, -0.05) is 45.0 Å². The van der Waals surface area contributed by atoms with Gasteiger partial charge in [0, 0.05) is 16.9 Å². The van der Waals surface area contributed by atoms with Crippen molar-refractivity contribution in [2.75, 3.05) is 13.2 Å². The van der Waals surface area contributed by atoms with Crippen LogP contribution in [0.25, 0.3) is 28.0 Å². The molecule has 1 fully saturated rings. The zero-order valence-electron chi connectivity index (χ0n) is 22.5. The number of hydrogen-bond donors (Lipinski definition) is 1. The number of nitrogens with zero attached hydrogens (tertiary/aromatic N) is 6. The quantitative estimate of drug-likeness (QED) is 0.165. The minimum Gasteiger partial charge on any atom is -0.411 e. The Bertz CT molecular complexity index is 1500. The van der Waals surface area contributed by atoms with Crippen molar-refractivity contribution in [3.63, 3.8) is 0 Å². The predicted molar refractivity (Wildman–Crippen MR) is 148 cm³/mol. The minimum atomic E-state index is -1.88. The molecule has 0 spiro atoms. The second kappa shape index (κ2) is 10.3. The van der Waals surface area contributed by atoms with Crippen LogP contribution in [0.5, 0.6) is 0 Å². The minimum absolute atomic E-state index is 0.139. The van der Waals surface area contributed by atoms with Crippen molar-refractivity contribution in [1.82, 2.24) is 24.7 Å². The molecule has 0 radical (unpaired) electrons. The van der Waals surface area contributed by atoms with E-state index in [4.69, 9.17) is 24.7 Å². The van der Waals surface area contributed by atoms with E-state index in [1.165, 1.54) is 0 Å². The number of rotatable bonds is 8. The second-order valence-electron chi connectivity index (χ2n) is 11.3. The van der Waals surface area contributed by atoms with Crippen molar-refractivity contribution in [2.24, 2.45) is 11.0 Å². The molecule has 1 N–H and O–H groups in total. The van der Waals surface area contributed by atoms with Crippen molar-refractivity contribution < 1.29 is 9.16 Å². The molecule has 4 aromatic rings.